The van der Waals surface area contributed by atoms with Crippen LogP contribution < -0.4 is 5.32 Å². The predicted molar refractivity (Wildman–Crippen MR) is 71.3 cm³/mol. The maximum absolute atomic E-state index is 5.89. The van der Waals surface area contributed by atoms with Crippen LogP contribution in [0.15, 0.2) is 0 Å². The van der Waals surface area contributed by atoms with Crippen molar-refractivity contribution >= 4 is 0 Å². The molecule has 2 fully saturated rings. The van der Waals surface area contributed by atoms with Gasteiger partial charge >= 0.3 is 0 Å². The predicted octanol–water partition coefficient (Wildman–Crippen LogP) is 2.02. The van der Waals surface area contributed by atoms with E-state index in [1.165, 1.54) is 25.7 Å². The van der Waals surface area contributed by atoms with Crippen LogP contribution >= 0.6 is 0 Å². The molecule has 2 heterocycles. The van der Waals surface area contributed by atoms with Gasteiger partial charge in [-0.05, 0) is 39.5 Å². The van der Waals surface area contributed by atoms with Crippen molar-refractivity contribution in [2.45, 2.75) is 64.1 Å². The maximum Gasteiger partial charge on any atom is 0.0702 e. The highest BCUT2D eigenvalue weighted by molar-refractivity contribution is 4.95. The Kier molecular flexibility index (Phi) is 4.45. The van der Waals surface area contributed by atoms with Crippen LogP contribution in [0.25, 0.3) is 0 Å². The van der Waals surface area contributed by atoms with Gasteiger partial charge in [0.2, 0.25) is 0 Å². The van der Waals surface area contributed by atoms with E-state index in [4.69, 9.17) is 4.74 Å². The molecule has 3 heteroatoms. The fourth-order valence-corrected chi connectivity index (χ4v) is 2.96. The van der Waals surface area contributed by atoms with E-state index in [0.29, 0.717) is 17.7 Å². The molecule has 1 N–H and O–H groups in total. The molecule has 0 aliphatic carbocycles. The normalized spacial score (nSPS) is 40.4. The second-order valence-electron chi connectivity index (χ2n) is 6.03. The van der Waals surface area contributed by atoms with Crippen molar-refractivity contribution in [3.8, 4) is 0 Å². The molecule has 0 spiro atoms. The number of nitrogens with zero attached hydrogens (tertiary/aromatic N) is 1. The molecule has 0 aromatic carbocycles. The molecule has 3 atom stereocenters. The molecular weight excluding hydrogens is 212 g/mol. The van der Waals surface area contributed by atoms with Crippen molar-refractivity contribution in [1.82, 2.24) is 10.2 Å². The summed E-state index contributed by atoms with van der Waals surface area (Å²) in [5.41, 5.74) is 0.313. The highest BCUT2D eigenvalue weighted by Gasteiger charge is 2.36. The van der Waals surface area contributed by atoms with E-state index < -0.39 is 0 Å². The molecule has 2 rings (SSSR count). The summed E-state index contributed by atoms with van der Waals surface area (Å²) in [5.74, 6) is 0. The van der Waals surface area contributed by atoms with Crippen LogP contribution in [0, 0.1) is 0 Å². The number of piperazine rings is 1. The summed E-state index contributed by atoms with van der Waals surface area (Å²) in [6.07, 6.45) is 5.52. The summed E-state index contributed by atoms with van der Waals surface area (Å²) < 4.78 is 5.89. The van der Waals surface area contributed by atoms with Gasteiger partial charge in [-0.1, -0.05) is 6.92 Å². The van der Waals surface area contributed by atoms with Crippen LogP contribution in [0.1, 0.15) is 46.5 Å². The smallest absolute Gasteiger partial charge is 0.0702 e. The molecule has 3 unspecified atom stereocenters. The van der Waals surface area contributed by atoms with Crippen molar-refractivity contribution in [2.24, 2.45) is 0 Å². The Labute approximate surface area is 106 Å². The molecule has 2 aliphatic rings. The summed E-state index contributed by atoms with van der Waals surface area (Å²) in [6.45, 7) is 11.3. The standard InChI is InChI=1S/C14H28N2O/c1-4-14(3)11-15-12(2)9-16(14)10-13-7-5-6-8-17-13/h12-13,15H,4-11H2,1-3H3. The van der Waals surface area contributed by atoms with Gasteiger partial charge in [-0.2, -0.15) is 0 Å². The summed E-state index contributed by atoms with van der Waals surface area (Å²) in [7, 11) is 0. The van der Waals surface area contributed by atoms with Crippen molar-refractivity contribution in [3.63, 3.8) is 0 Å². The van der Waals surface area contributed by atoms with Crippen LogP contribution in [0.2, 0.25) is 0 Å². The van der Waals surface area contributed by atoms with Crippen LogP contribution in [0.4, 0.5) is 0 Å². The van der Waals surface area contributed by atoms with Gasteiger partial charge in [0, 0.05) is 37.8 Å². The molecule has 100 valence electrons. The molecule has 2 saturated heterocycles. The van der Waals surface area contributed by atoms with E-state index in [-0.39, 0.29) is 0 Å². The van der Waals surface area contributed by atoms with Gasteiger partial charge in [0.1, 0.15) is 0 Å². The minimum atomic E-state index is 0.313. The Hall–Kier alpha value is -0.120. The lowest BCUT2D eigenvalue weighted by molar-refractivity contribution is -0.0416. The van der Waals surface area contributed by atoms with Crippen LogP contribution in [-0.2, 0) is 4.74 Å². The first-order valence-corrected chi connectivity index (χ1v) is 7.24. The van der Waals surface area contributed by atoms with Gasteiger partial charge in [0.15, 0.2) is 0 Å². The minimum absolute atomic E-state index is 0.313. The van der Waals surface area contributed by atoms with E-state index in [9.17, 15) is 0 Å². The number of hydrogen-bond donors (Lipinski definition) is 1. The highest BCUT2D eigenvalue weighted by atomic mass is 16.5. The summed E-state index contributed by atoms with van der Waals surface area (Å²) in [4.78, 5) is 2.66. The molecule has 3 nitrogen and oxygen atoms in total. The van der Waals surface area contributed by atoms with Gasteiger partial charge < -0.3 is 10.1 Å². The van der Waals surface area contributed by atoms with Crippen molar-refractivity contribution in [3.05, 3.63) is 0 Å². The van der Waals surface area contributed by atoms with Crippen molar-refractivity contribution < 1.29 is 4.74 Å². The highest BCUT2D eigenvalue weighted by Crippen LogP contribution is 2.25. The first-order valence-electron chi connectivity index (χ1n) is 7.24. The molecule has 2 aliphatic heterocycles. The van der Waals surface area contributed by atoms with Crippen LogP contribution in [0.5, 0.6) is 0 Å². The van der Waals surface area contributed by atoms with Gasteiger partial charge in [0.05, 0.1) is 6.10 Å². The Morgan fingerprint density at radius 1 is 1.41 bits per heavy atom. The summed E-state index contributed by atoms with van der Waals surface area (Å²) in [5, 5.41) is 3.61. The Morgan fingerprint density at radius 2 is 2.24 bits per heavy atom. The number of rotatable bonds is 3. The average Bonchev–Trinajstić information content (AvgIpc) is 2.35. The summed E-state index contributed by atoms with van der Waals surface area (Å²) >= 11 is 0. The first-order chi connectivity index (χ1) is 8.14. The van der Waals surface area contributed by atoms with Crippen LogP contribution in [0.3, 0.4) is 0 Å². The van der Waals surface area contributed by atoms with E-state index in [2.05, 4.69) is 31.0 Å². The molecule has 0 bridgehead atoms. The minimum Gasteiger partial charge on any atom is -0.377 e. The average molecular weight is 240 g/mol. The van der Waals surface area contributed by atoms with Crippen molar-refractivity contribution in [1.29, 1.82) is 0 Å². The fourth-order valence-electron chi connectivity index (χ4n) is 2.96. The lowest BCUT2D eigenvalue weighted by Gasteiger charge is -2.48. The third-order valence-electron chi connectivity index (χ3n) is 4.55. The molecule has 0 amide bonds. The molecule has 0 saturated carbocycles. The summed E-state index contributed by atoms with van der Waals surface area (Å²) in [6, 6.07) is 0.609. The molecule has 0 aromatic rings. The lowest BCUT2D eigenvalue weighted by atomic mass is 9.91. The van der Waals surface area contributed by atoms with E-state index in [1.807, 2.05) is 0 Å². The largest absolute Gasteiger partial charge is 0.377 e. The van der Waals surface area contributed by atoms with Gasteiger partial charge in [0.25, 0.3) is 0 Å². The Balaban J connectivity index is 1.94. The quantitative estimate of drug-likeness (QED) is 0.817. The zero-order chi connectivity index (χ0) is 12.3. The van der Waals surface area contributed by atoms with Gasteiger partial charge in [-0.15, -0.1) is 0 Å². The Bertz CT molecular complexity index is 240. The third kappa shape index (κ3) is 3.21. The Morgan fingerprint density at radius 3 is 2.88 bits per heavy atom. The third-order valence-corrected chi connectivity index (χ3v) is 4.55. The molecular formula is C14H28N2O. The zero-order valence-electron chi connectivity index (χ0n) is 11.7. The molecule has 0 aromatic heterocycles. The fraction of sp³-hybridized carbons (Fsp3) is 1.00. The molecule has 0 radical (unpaired) electrons. The van der Waals surface area contributed by atoms with Gasteiger partial charge in [-0.3, -0.25) is 4.90 Å². The first kappa shape index (κ1) is 13.3. The monoisotopic (exact) mass is 240 g/mol. The topological polar surface area (TPSA) is 24.5 Å². The second-order valence-corrected chi connectivity index (χ2v) is 6.03. The van der Waals surface area contributed by atoms with Crippen LogP contribution in [-0.4, -0.2) is 48.8 Å². The zero-order valence-corrected chi connectivity index (χ0v) is 11.7. The van der Waals surface area contributed by atoms with Crippen molar-refractivity contribution in [2.75, 3.05) is 26.2 Å². The maximum atomic E-state index is 5.89. The molecule has 17 heavy (non-hydrogen) atoms. The van der Waals surface area contributed by atoms with E-state index in [0.717, 1.165) is 26.2 Å². The SMILES string of the molecule is CCC1(C)CNC(C)CN1CC1CCCCO1. The second kappa shape index (κ2) is 5.68. The number of hydrogen-bond acceptors (Lipinski definition) is 3. The number of ether oxygens (including phenoxy) is 1. The number of nitrogens with one attached hydrogen (secondary N) is 1. The van der Waals surface area contributed by atoms with E-state index >= 15 is 0 Å². The van der Waals surface area contributed by atoms with E-state index in [1.54, 1.807) is 0 Å². The van der Waals surface area contributed by atoms with Gasteiger partial charge in [-0.25, -0.2) is 0 Å². The lowest BCUT2D eigenvalue weighted by Crippen LogP contribution is -2.63.